The van der Waals surface area contributed by atoms with Crippen molar-refractivity contribution in [3.8, 4) is 5.75 Å². The third-order valence-electron chi connectivity index (χ3n) is 4.51. The van der Waals surface area contributed by atoms with Crippen LogP contribution in [-0.2, 0) is 0 Å². The summed E-state index contributed by atoms with van der Waals surface area (Å²) in [7, 11) is 3.52. The van der Waals surface area contributed by atoms with Crippen LogP contribution in [0.4, 0.5) is 0 Å². The normalized spacial score (nSPS) is 23.7. The van der Waals surface area contributed by atoms with E-state index in [1.165, 1.54) is 19.4 Å². The Labute approximate surface area is 126 Å². The number of nitrogens with zero attached hydrogens (tertiary/aromatic N) is 2. The molecule has 0 bridgehead atoms. The van der Waals surface area contributed by atoms with Gasteiger partial charge in [-0.3, -0.25) is 9.69 Å². The zero-order valence-corrected chi connectivity index (χ0v) is 12.9. The Morgan fingerprint density at radius 2 is 2.10 bits per heavy atom. The number of rotatable bonds is 6. The fourth-order valence-corrected chi connectivity index (χ4v) is 3.17. The Bertz CT molecular complexity index is 498. The fourth-order valence-electron chi connectivity index (χ4n) is 3.17. The van der Waals surface area contributed by atoms with Gasteiger partial charge in [-0.05, 0) is 56.0 Å². The molecule has 0 unspecified atom stereocenters. The van der Waals surface area contributed by atoms with Gasteiger partial charge in [0.2, 0.25) is 0 Å². The van der Waals surface area contributed by atoms with Gasteiger partial charge in [-0.2, -0.15) is 0 Å². The molecule has 2 fully saturated rings. The highest BCUT2D eigenvalue weighted by atomic mass is 16.5. The van der Waals surface area contributed by atoms with Crippen LogP contribution in [0.15, 0.2) is 24.3 Å². The molecular weight excluding hydrogens is 264 g/mol. The fraction of sp³-hybridized carbons (Fsp3) is 0.588. The summed E-state index contributed by atoms with van der Waals surface area (Å²) in [4.78, 5) is 16.0. The summed E-state index contributed by atoms with van der Waals surface area (Å²) < 4.78 is 5.76. The van der Waals surface area contributed by atoms with Crippen molar-refractivity contribution in [1.82, 2.24) is 9.80 Å². The first-order chi connectivity index (χ1) is 10.1. The Morgan fingerprint density at radius 3 is 2.67 bits per heavy atom. The van der Waals surface area contributed by atoms with E-state index in [-0.39, 0.29) is 5.91 Å². The minimum atomic E-state index is 0.0228. The predicted molar refractivity (Wildman–Crippen MR) is 82.7 cm³/mol. The maximum absolute atomic E-state index is 11.8. The van der Waals surface area contributed by atoms with Crippen molar-refractivity contribution in [3.05, 3.63) is 29.8 Å². The highest BCUT2D eigenvalue weighted by molar-refractivity contribution is 5.93. The van der Waals surface area contributed by atoms with Crippen molar-refractivity contribution < 1.29 is 9.53 Å². The molecule has 1 aliphatic heterocycles. The molecule has 0 radical (unpaired) electrons. The van der Waals surface area contributed by atoms with E-state index in [2.05, 4.69) is 4.90 Å². The molecule has 1 aromatic rings. The quantitative estimate of drug-likeness (QED) is 0.753. The van der Waals surface area contributed by atoms with Gasteiger partial charge in [0.25, 0.3) is 5.91 Å². The van der Waals surface area contributed by atoms with E-state index in [1.54, 1.807) is 19.0 Å². The van der Waals surface area contributed by atoms with Gasteiger partial charge in [-0.25, -0.2) is 0 Å². The van der Waals surface area contributed by atoms with E-state index in [0.29, 0.717) is 5.56 Å². The third-order valence-corrected chi connectivity index (χ3v) is 4.51. The van der Waals surface area contributed by atoms with Crippen LogP contribution < -0.4 is 4.74 Å². The molecule has 4 heteroatoms. The van der Waals surface area contributed by atoms with Crippen LogP contribution in [0.1, 0.15) is 29.6 Å². The summed E-state index contributed by atoms with van der Waals surface area (Å²) in [6.45, 7) is 3.17. The van der Waals surface area contributed by atoms with E-state index in [4.69, 9.17) is 4.74 Å². The molecular formula is C17H24N2O2. The molecule has 114 valence electrons. The van der Waals surface area contributed by atoms with Crippen LogP contribution in [0.25, 0.3) is 0 Å². The van der Waals surface area contributed by atoms with Gasteiger partial charge in [-0.15, -0.1) is 0 Å². The monoisotopic (exact) mass is 288 g/mol. The zero-order valence-electron chi connectivity index (χ0n) is 12.9. The van der Waals surface area contributed by atoms with Crippen molar-refractivity contribution in [2.24, 2.45) is 5.92 Å². The SMILES string of the molecule is CN(C)C(=O)c1ccc(OCCCN2CC[C@@H]3C[C@@H]32)cc1. The number of carbonyl (C=O) groups excluding carboxylic acids is 1. The molecule has 4 nitrogen and oxygen atoms in total. The van der Waals surface area contributed by atoms with Crippen LogP contribution in [0.5, 0.6) is 5.75 Å². The van der Waals surface area contributed by atoms with Gasteiger partial charge in [0, 0.05) is 32.2 Å². The second-order valence-electron chi connectivity index (χ2n) is 6.31. The first-order valence-electron chi connectivity index (χ1n) is 7.84. The van der Waals surface area contributed by atoms with Crippen molar-refractivity contribution in [3.63, 3.8) is 0 Å². The zero-order chi connectivity index (χ0) is 14.8. The minimum Gasteiger partial charge on any atom is -0.494 e. The summed E-state index contributed by atoms with van der Waals surface area (Å²) in [5.74, 6) is 1.87. The van der Waals surface area contributed by atoms with Crippen LogP contribution in [0.3, 0.4) is 0 Å². The van der Waals surface area contributed by atoms with E-state index in [0.717, 1.165) is 37.3 Å². The summed E-state index contributed by atoms with van der Waals surface area (Å²) in [5.41, 5.74) is 0.698. The number of likely N-dealkylation sites (tertiary alicyclic amines) is 1. The molecule has 2 aliphatic rings. The molecule has 1 saturated carbocycles. The number of piperidine rings is 1. The molecule has 1 amide bonds. The number of ether oxygens (including phenoxy) is 1. The van der Waals surface area contributed by atoms with Crippen molar-refractivity contribution in [1.29, 1.82) is 0 Å². The van der Waals surface area contributed by atoms with Gasteiger partial charge in [0.15, 0.2) is 0 Å². The second kappa shape index (κ2) is 6.06. The van der Waals surface area contributed by atoms with Gasteiger partial charge >= 0.3 is 0 Å². The van der Waals surface area contributed by atoms with E-state index >= 15 is 0 Å². The lowest BCUT2D eigenvalue weighted by Crippen LogP contribution is -2.25. The van der Waals surface area contributed by atoms with Crippen molar-refractivity contribution in [2.45, 2.75) is 25.3 Å². The molecule has 1 heterocycles. The number of amides is 1. The summed E-state index contributed by atoms with van der Waals surface area (Å²) >= 11 is 0. The third kappa shape index (κ3) is 3.38. The number of hydrogen-bond acceptors (Lipinski definition) is 3. The highest BCUT2D eigenvalue weighted by Gasteiger charge is 2.46. The lowest BCUT2D eigenvalue weighted by Gasteiger charge is -2.17. The van der Waals surface area contributed by atoms with Gasteiger partial charge in [0.05, 0.1) is 6.61 Å². The second-order valence-corrected chi connectivity index (χ2v) is 6.31. The number of carbonyl (C=O) groups is 1. The summed E-state index contributed by atoms with van der Waals surface area (Å²) in [6, 6.07) is 8.30. The first-order valence-corrected chi connectivity index (χ1v) is 7.84. The Kier molecular flexibility index (Phi) is 4.15. The lowest BCUT2D eigenvalue weighted by atomic mass is 10.2. The first kappa shape index (κ1) is 14.4. The molecule has 21 heavy (non-hydrogen) atoms. The van der Waals surface area contributed by atoms with E-state index < -0.39 is 0 Å². The van der Waals surface area contributed by atoms with Crippen molar-refractivity contribution >= 4 is 5.91 Å². The maximum atomic E-state index is 11.8. The van der Waals surface area contributed by atoms with E-state index in [1.807, 2.05) is 24.3 Å². The molecule has 0 spiro atoms. The predicted octanol–water partition coefficient (Wildman–Crippen LogP) is 2.25. The topological polar surface area (TPSA) is 32.8 Å². The largest absolute Gasteiger partial charge is 0.494 e. The molecule has 1 aliphatic carbocycles. The molecule has 1 aromatic carbocycles. The highest BCUT2D eigenvalue weighted by Crippen LogP contribution is 2.44. The number of fused-ring (bicyclic) bond motifs is 1. The van der Waals surface area contributed by atoms with Gasteiger partial charge in [-0.1, -0.05) is 0 Å². The van der Waals surface area contributed by atoms with Crippen LogP contribution in [0, 0.1) is 5.92 Å². The van der Waals surface area contributed by atoms with E-state index in [9.17, 15) is 4.79 Å². The average molecular weight is 288 g/mol. The summed E-state index contributed by atoms with van der Waals surface area (Å²) in [5, 5.41) is 0. The van der Waals surface area contributed by atoms with Crippen LogP contribution in [-0.4, -0.2) is 55.5 Å². The average Bonchev–Trinajstić information content (AvgIpc) is 3.17. The lowest BCUT2D eigenvalue weighted by molar-refractivity contribution is 0.0827. The molecule has 0 N–H and O–H groups in total. The number of hydrogen-bond donors (Lipinski definition) is 0. The standard InChI is InChI=1S/C17H24N2O2/c1-18(2)17(20)13-4-6-15(7-5-13)21-11-3-9-19-10-8-14-12-16(14)19/h4-7,14,16H,3,8-12H2,1-2H3/t14-,16+/m1/s1. The maximum Gasteiger partial charge on any atom is 0.253 e. The Morgan fingerprint density at radius 1 is 1.33 bits per heavy atom. The smallest absolute Gasteiger partial charge is 0.253 e. The van der Waals surface area contributed by atoms with Crippen molar-refractivity contribution in [2.75, 3.05) is 33.8 Å². The minimum absolute atomic E-state index is 0.0228. The Balaban J connectivity index is 1.40. The van der Waals surface area contributed by atoms with Gasteiger partial charge < -0.3 is 9.64 Å². The molecule has 2 atom stereocenters. The Hall–Kier alpha value is -1.55. The molecule has 0 aromatic heterocycles. The molecule has 3 rings (SSSR count). The molecule has 1 saturated heterocycles. The van der Waals surface area contributed by atoms with Crippen LogP contribution >= 0.6 is 0 Å². The number of benzene rings is 1. The summed E-state index contributed by atoms with van der Waals surface area (Å²) in [6.07, 6.45) is 3.89. The van der Waals surface area contributed by atoms with Gasteiger partial charge in [0.1, 0.15) is 5.75 Å². The van der Waals surface area contributed by atoms with Crippen LogP contribution in [0.2, 0.25) is 0 Å².